The van der Waals surface area contributed by atoms with Crippen LogP contribution in [0.1, 0.15) is 28.5 Å². The first kappa shape index (κ1) is 10.2. The summed E-state index contributed by atoms with van der Waals surface area (Å²) in [5, 5.41) is 8.98. The molecule has 0 N–H and O–H groups in total. The van der Waals surface area contributed by atoms with Crippen LogP contribution in [-0.2, 0) is 9.47 Å². The molecule has 1 aliphatic heterocycles. The topological polar surface area (TPSA) is 42.2 Å². The van der Waals surface area contributed by atoms with Gasteiger partial charge in [-0.25, -0.2) is 0 Å². The molecule has 15 heavy (non-hydrogen) atoms. The van der Waals surface area contributed by atoms with Gasteiger partial charge in [0.15, 0.2) is 6.29 Å². The summed E-state index contributed by atoms with van der Waals surface area (Å²) < 4.78 is 10.8. The number of nitriles is 1. The number of ether oxygens (including phenoxy) is 2. The van der Waals surface area contributed by atoms with E-state index >= 15 is 0 Å². The minimum Gasteiger partial charge on any atom is -0.346 e. The summed E-state index contributed by atoms with van der Waals surface area (Å²) in [5.74, 6) is 0. The highest BCUT2D eigenvalue weighted by atomic mass is 16.7. The third kappa shape index (κ3) is 1.87. The van der Waals surface area contributed by atoms with Gasteiger partial charge < -0.3 is 9.47 Å². The Hall–Kier alpha value is -1.37. The maximum Gasteiger partial charge on any atom is 0.184 e. The third-order valence-corrected chi connectivity index (χ3v) is 2.70. The average molecular weight is 203 g/mol. The lowest BCUT2D eigenvalue weighted by Gasteiger charge is -2.12. The summed E-state index contributed by atoms with van der Waals surface area (Å²) in [4.78, 5) is 0. The highest BCUT2D eigenvalue weighted by Crippen LogP contribution is 2.26. The van der Waals surface area contributed by atoms with Crippen LogP contribution in [0.4, 0.5) is 0 Å². The molecule has 1 aromatic carbocycles. The zero-order valence-electron chi connectivity index (χ0n) is 8.91. The molecule has 1 saturated heterocycles. The number of aryl methyl sites for hydroxylation is 1. The minimum atomic E-state index is -0.295. The van der Waals surface area contributed by atoms with Crippen molar-refractivity contribution < 1.29 is 9.47 Å². The van der Waals surface area contributed by atoms with E-state index in [0.29, 0.717) is 18.8 Å². The van der Waals surface area contributed by atoms with Crippen LogP contribution in [0.2, 0.25) is 0 Å². The number of rotatable bonds is 1. The zero-order valence-corrected chi connectivity index (χ0v) is 8.91. The van der Waals surface area contributed by atoms with Crippen LogP contribution < -0.4 is 0 Å². The highest BCUT2D eigenvalue weighted by Gasteiger charge is 2.19. The van der Waals surface area contributed by atoms with Crippen molar-refractivity contribution in [2.24, 2.45) is 0 Å². The van der Waals surface area contributed by atoms with Gasteiger partial charge in [0.1, 0.15) is 0 Å². The Morgan fingerprint density at radius 2 is 1.93 bits per heavy atom. The van der Waals surface area contributed by atoms with Gasteiger partial charge in [0.25, 0.3) is 0 Å². The molecule has 78 valence electrons. The number of hydrogen-bond acceptors (Lipinski definition) is 3. The molecule has 0 aliphatic carbocycles. The molecule has 0 unspecified atom stereocenters. The Balaban J connectivity index is 2.41. The summed E-state index contributed by atoms with van der Waals surface area (Å²) in [7, 11) is 0. The maximum atomic E-state index is 8.98. The van der Waals surface area contributed by atoms with Gasteiger partial charge >= 0.3 is 0 Å². The predicted molar refractivity (Wildman–Crippen MR) is 55.3 cm³/mol. The molecule has 0 radical (unpaired) electrons. The Morgan fingerprint density at radius 1 is 1.27 bits per heavy atom. The van der Waals surface area contributed by atoms with E-state index in [9.17, 15) is 0 Å². The van der Waals surface area contributed by atoms with Crippen LogP contribution in [0.25, 0.3) is 0 Å². The first-order valence-corrected chi connectivity index (χ1v) is 4.97. The fraction of sp³-hybridized carbons (Fsp3) is 0.417. The lowest BCUT2D eigenvalue weighted by Crippen LogP contribution is -2.00. The second kappa shape index (κ2) is 4.01. The first-order valence-electron chi connectivity index (χ1n) is 4.97. The highest BCUT2D eigenvalue weighted by molar-refractivity contribution is 5.45. The van der Waals surface area contributed by atoms with Gasteiger partial charge in [-0.05, 0) is 31.0 Å². The summed E-state index contributed by atoms with van der Waals surface area (Å²) in [5.41, 5.74) is 3.76. The average Bonchev–Trinajstić information content (AvgIpc) is 2.75. The van der Waals surface area contributed by atoms with Crippen molar-refractivity contribution in [3.05, 3.63) is 34.4 Å². The Morgan fingerprint density at radius 3 is 2.53 bits per heavy atom. The Bertz CT molecular complexity index is 414. The van der Waals surface area contributed by atoms with Crippen molar-refractivity contribution in [1.29, 1.82) is 5.26 Å². The molecule has 0 bridgehead atoms. The lowest BCUT2D eigenvalue weighted by atomic mass is 10.00. The molecular formula is C12H13NO2. The van der Waals surface area contributed by atoms with E-state index in [1.54, 1.807) is 0 Å². The van der Waals surface area contributed by atoms with Gasteiger partial charge in [-0.3, -0.25) is 0 Å². The molecule has 1 aliphatic rings. The lowest BCUT2D eigenvalue weighted by molar-refractivity contribution is -0.0441. The third-order valence-electron chi connectivity index (χ3n) is 2.70. The van der Waals surface area contributed by atoms with E-state index in [1.165, 1.54) is 0 Å². The first-order chi connectivity index (χ1) is 7.22. The summed E-state index contributed by atoms with van der Waals surface area (Å²) in [6.07, 6.45) is -0.295. The molecule has 1 fully saturated rings. The molecule has 0 amide bonds. The molecule has 3 heteroatoms. The monoisotopic (exact) mass is 203 g/mol. The van der Waals surface area contributed by atoms with Gasteiger partial charge in [-0.2, -0.15) is 5.26 Å². The molecule has 3 nitrogen and oxygen atoms in total. The second-order valence-corrected chi connectivity index (χ2v) is 3.70. The summed E-state index contributed by atoms with van der Waals surface area (Å²) in [6, 6.07) is 6.05. The quantitative estimate of drug-likeness (QED) is 0.702. The van der Waals surface area contributed by atoms with Crippen molar-refractivity contribution in [2.45, 2.75) is 20.1 Å². The van der Waals surface area contributed by atoms with E-state index in [-0.39, 0.29) is 6.29 Å². The van der Waals surface area contributed by atoms with Gasteiger partial charge in [0.05, 0.1) is 24.8 Å². The van der Waals surface area contributed by atoms with E-state index in [4.69, 9.17) is 14.7 Å². The van der Waals surface area contributed by atoms with Crippen molar-refractivity contribution in [3.8, 4) is 6.07 Å². The van der Waals surface area contributed by atoms with Crippen molar-refractivity contribution in [2.75, 3.05) is 13.2 Å². The van der Waals surface area contributed by atoms with Gasteiger partial charge in [0.2, 0.25) is 0 Å². The fourth-order valence-corrected chi connectivity index (χ4v) is 1.69. The fourth-order valence-electron chi connectivity index (χ4n) is 1.69. The maximum absolute atomic E-state index is 8.98. The SMILES string of the molecule is Cc1cc(C2OCCO2)cc(C#N)c1C. The molecule has 0 atom stereocenters. The van der Waals surface area contributed by atoms with Gasteiger partial charge in [0, 0.05) is 5.56 Å². The van der Waals surface area contributed by atoms with Gasteiger partial charge in [-0.15, -0.1) is 0 Å². The molecule has 0 saturated carbocycles. The Labute approximate surface area is 89.2 Å². The summed E-state index contributed by atoms with van der Waals surface area (Å²) in [6.45, 7) is 5.20. The van der Waals surface area contributed by atoms with E-state index in [0.717, 1.165) is 16.7 Å². The van der Waals surface area contributed by atoms with Crippen molar-refractivity contribution >= 4 is 0 Å². The molecule has 1 heterocycles. The normalized spacial score (nSPS) is 16.6. The van der Waals surface area contributed by atoms with Crippen LogP contribution in [0.5, 0.6) is 0 Å². The largest absolute Gasteiger partial charge is 0.346 e. The second-order valence-electron chi connectivity index (χ2n) is 3.70. The van der Waals surface area contributed by atoms with Gasteiger partial charge in [-0.1, -0.05) is 6.07 Å². The minimum absolute atomic E-state index is 0.295. The van der Waals surface area contributed by atoms with Crippen LogP contribution in [0.3, 0.4) is 0 Å². The van der Waals surface area contributed by atoms with Crippen LogP contribution in [0, 0.1) is 25.2 Å². The number of nitrogens with zero attached hydrogens (tertiary/aromatic N) is 1. The number of hydrogen-bond donors (Lipinski definition) is 0. The standard InChI is InChI=1S/C12H13NO2/c1-8-5-10(12-14-3-4-15-12)6-11(7-13)9(8)2/h5-6,12H,3-4H2,1-2H3. The molecule has 2 rings (SSSR count). The molecule has 0 aromatic heterocycles. The van der Waals surface area contributed by atoms with Crippen LogP contribution in [-0.4, -0.2) is 13.2 Å². The van der Waals surface area contributed by atoms with E-state index < -0.39 is 0 Å². The van der Waals surface area contributed by atoms with E-state index in [1.807, 2.05) is 26.0 Å². The van der Waals surface area contributed by atoms with Crippen molar-refractivity contribution in [1.82, 2.24) is 0 Å². The van der Waals surface area contributed by atoms with Crippen molar-refractivity contribution in [3.63, 3.8) is 0 Å². The molecular weight excluding hydrogens is 190 g/mol. The molecule has 1 aromatic rings. The zero-order chi connectivity index (χ0) is 10.8. The van der Waals surface area contributed by atoms with Crippen LogP contribution in [0.15, 0.2) is 12.1 Å². The molecule has 0 spiro atoms. The summed E-state index contributed by atoms with van der Waals surface area (Å²) >= 11 is 0. The smallest absolute Gasteiger partial charge is 0.184 e. The van der Waals surface area contributed by atoms with Crippen LogP contribution >= 0.6 is 0 Å². The Kier molecular flexibility index (Phi) is 2.72. The number of benzene rings is 1. The van der Waals surface area contributed by atoms with E-state index in [2.05, 4.69) is 6.07 Å². The predicted octanol–water partition coefficient (Wildman–Crippen LogP) is 2.22.